The van der Waals surface area contributed by atoms with E-state index in [1.54, 1.807) is 6.20 Å². The lowest BCUT2D eigenvalue weighted by atomic mass is 9.97. The number of amides is 1. The minimum absolute atomic E-state index is 0.0318. The van der Waals surface area contributed by atoms with Gasteiger partial charge in [0.1, 0.15) is 11.9 Å². The second-order valence-corrected chi connectivity index (χ2v) is 9.53. The van der Waals surface area contributed by atoms with Crippen LogP contribution >= 0.6 is 0 Å². The number of aromatic nitrogens is 2. The van der Waals surface area contributed by atoms with Crippen LogP contribution in [-0.4, -0.2) is 77.0 Å². The van der Waals surface area contributed by atoms with Crippen molar-refractivity contribution < 1.29 is 4.79 Å². The molecule has 0 radical (unpaired) electrons. The van der Waals surface area contributed by atoms with E-state index in [0.717, 1.165) is 31.7 Å². The lowest BCUT2D eigenvalue weighted by molar-refractivity contribution is 0.0509. The van der Waals surface area contributed by atoms with E-state index in [9.17, 15) is 10.1 Å². The molecule has 8 heteroatoms. The Balaban J connectivity index is 1.86. The molecular weight excluding hydrogens is 402 g/mol. The van der Waals surface area contributed by atoms with E-state index < -0.39 is 0 Å². The highest BCUT2D eigenvalue weighted by Gasteiger charge is 2.23. The van der Waals surface area contributed by atoms with Gasteiger partial charge in [0.2, 0.25) is 5.82 Å². The second-order valence-electron chi connectivity index (χ2n) is 9.53. The number of nitrogens with zero attached hydrogens (tertiary/aromatic N) is 6. The van der Waals surface area contributed by atoms with Crippen LogP contribution in [0.4, 0.5) is 5.82 Å². The third-order valence-corrected chi connectivity index (χ3v) is 5.39. The summed E-state index contributed by atoms with van der Waals surface area (Å²) in [6, 6.07) is 11.4. The Morgan fingerprint density at radius 2 is 1.88 bits per heavy atom. The van der Waals surface area contributed by atoms with Crippen LogP contribution in [-0.2, 0) is 6.54 Å². The molecule has 8 nitrogen and oxygen atoms in total. The van der Waals surface area contributed by atoms with Gasteiger partial charge in [-0.05, 0) is 24.6 Å². The molecule has 2 aromatic rings. The van der Waals surface area contributed by atoms with Gasteiger partial charge in [0.05, 0.1) is 13.2 Å². The topological polar surface area (TPSA) is 88.4 Å². The molecule has 0 bridgehead atoms. The number of hydrogen-bond donors (Lipinski definition) is 1. The highest BCUT2D eigenvalue weighted by Crippen LogP contribution is 2.20. The fourth-order valence-corrected chi connectivity index (χ4v) is 3.46. The van der Waals surface area contributed by atoms with Gasteiger partial charge < -0.3 is 15.1 Å². The van der Waals surface area contributed by atoms with Crippen LogP contribution in [0, 0.1) is 16.7 Å². The average Bonchev–Trinajstić information content (AvgIpc) is 2.78. The quantitative estimate of drug-likeness (QED) is 0.715. The van der Waals surface area contributed by atoms with Crippen molar-refractivity contribution in [2.45, 2.75) is 27.3 Å². The molecule has 1 aromatic heterocycles. The zero-order valence-electron chi connectivity index (χ0n) is 19.5. The van der Waals surface area contributed by atoms with E-state index in [0.29, 0.717) is 31.1 Å². The van der Waals surface area contributed by atoms with Gasteiger partial charge >= 0.3 is 0 Å². The molecule has 1 N–H and O–H groups in total. The minimum Gasteiger partial charge on any atom is -0.369 e. The van der Waals surface area contributed by atoms with E-state index in [-0.39, 0.29) is 17.1 Å². The van der Waals surface area contributed by atoms with Gasteiger partial charge in [0.15, 0.2) is 0 Å². The highest BCUT2D eigenvalue weighted by atomic mass is 16.2. The van der Waals surface area contributed by atoms with E-state index >= 15 is 0 Å². The van der Waals surface area contributed by atoms with Gasteiger partial charge in [-0.1, -0.05) is 39.0 Å². The summed E-state index contributed by atoms with van der Waals surface area (Å²) in [6.45, 7) is 11.7. The number of piperazine rings is 1. The first kappa shape index (κ1) is 23.6. The van der Waals surface area contributed by atoms with Crippen molar-refractivity contribution in [2.75, 3.05) is 51.8 Å². The summed E-state index contributed by atoms with van der Waals surface area (Å²) in [6.07, 6.45) is 1.66. The molecule has 0 aliphatic carbocycles. The Morgan fingerprint density at radius 3 is 2.50 bits per heavy atom. The van der Waals surface area contributed by atoms with Gasteiger partial charge in [-0.3, -0.25) is 9.69 Å². The number of likely N-dealkylation sites (N-methyl/N-ethyl adjacent to an activating group) is 1. The summed E-state index contributed by atoms with van der Waals surface area (Å²) in [5, 5.41) is 12.6. The number of hydrogen-bond acceptors (Lipinski definition) is 7. The number of nitriles is 1. The molecule has 0 unspecified atom stereocenters. The van der Waals surface area contributed by atoms with Gasteiger partial charge in [0, 0.05) is 50.0 Å². The smallest absolute Gasteiger partial charge is 0.255 e. The third kappa shape index (κ3) is 6.74. The molecular formula is C24H33N7O. The molecule has 2 heterocycles. The molecule has 0 saturated carbocycles. The van der Waals surface area contributed by atoms with Crippen molar-refractivity contribution in [3.8, 4) is 6.07 Å². The summed E-state index contributed by atoms with van der Waals surface area (Å²) in [4.78, 5) is 28.4. The predicted molar refractivity (Wildman–Crippen MR) is 125 cm³/mol. The third-order valence-electron chi connectivity index (χ3n) is 5.39. The van der Waals surface area contributed by atoms with Gasteiger partial charge in [-0.15, -0.1) is 0 Å². The molecule has 32 heavy (non-hydrogen) atoms. The standard InChI is InChI=1S/C24H33N7O/c1-24(2,3)17-27-22-20(15-26-21(14-25)28-22)16-31(18-30-12-10-29(4)11-13-30)23(32)19-8-6-5-7-9-19/h5-9,15H,10-13,16-18H2,1-4H3,(H,26,27,28). The van der Waals surface area contributed by atoms with Crippen molar-refractivity contribution in [3.63, 3.8) is 0 Å². The van der Waals surface area contributed by atoms with Crippen LogP contribution in [0.5, 0.6) is 0 Å². The molecule has 0 spiro atoms. The Kier molecular flexibility index (Phi) is 7.78. The second kappa shape index (κ2) is 10.5. The molecule has 3 rings (SSSR count). The maximum absolute atomic E-state index is 13.4. The van der Waals surface area contributed by atoms with Gasteiger partial charge in [0.25, 0.3) is 5.91 Å². The molecule has 1 aliphatic heterocycles. The first-order valence-electron chi connectivity index (χ1n) is 11.0. The summed E-state index contributed by atoms with van der Waals surface area (Å²) in [7, 11) is 2.12. The summed E-state index contributed by atoms with van der Waals surface area (Å²) in [5.74, 6) is 0.691. The Bertz CT molecular complexity index is 941. The monoisotopic (exact) mass is 435 g/mol. The fourth-order valence-electron chi connectivity index (χ4n) is 3.46. The zero-order chi connectivity index (χ0) is 23.1. The van der Waals surface area contributed by atoms with Crippen molar-refractivity contribution in [3.05, 3.63) is 53.5 Å². The zero-order valence-corrected chi connectivity index (χ0v) is 19.5. The molecule has 1 saturated heterocycles. The Labute approximate surface area is 190 Å². The van der Waals surface area contributed by atoms with Crippen LogP contribution in [0.2, 0.25) is 0 Å². The summed E-state index contributed by atoms with van der Waals surface area (Å²) in [5.41, 5.74) is 1.49. The molecule has 170 valence electrons. The van der Waals surface area contributed by atoms with Crippen LogP contribution in [0.3, 0.4) is 0 Å². The number of nitrogens with one attached hydrogen (secondary N) is 1. The summed E-state index contributed by atoms with van der Waals surface area (Å²) < 4.78 is 0. The first-order valence-corrected chi connectivity index (χ1v) is 11.0. The van der Waals surface area contributed by atoms with E-state index in [2.05, 4.69) is 52.9 Å². The highest BCUT2D eigenvalue weighted by molar-refractivity contribution is 5.94. The first-order chi connectivity index (χ1) is 15.2. The molecule has 0 atom stereocenters. The average molecular weight is 436 g/mol. The minimum atomic E-state index is -0.0318. The largest absolute Gasteiger partial charge is 0.369 e. The van der Waals surface area contributed by atoms with Crippen LogP contribution in [0.1, 0.15) is 42.5 Å². The van der Waals surface area contributed by atoms with Crippen molar-refractivity contribution in [2.24, 2.45) is 5.41 Å². The van der Waals surface area contributed by atoms with Crippen LogP contribution < -0.4 is 5.32 Å². The van der Waals surface area contributed by atoms with E-state index in [1.807, 2.05) is 41.3 Å². The van der Waals surface area contributed by atoms with Crippen LogP contribution in [0.15, 0.2) is 36.5 Å². The van der Waals surface area contributed by atoms with Gasteiger partial charge in [-0.25, -0.2) is 9.97 Å². The number of carbonyl (C=O) groups is 1. The Morgan fingerprint density at radius 1 is 1.19 bits per heavy atom. The number of benzene rings is 1. The fraction of sp³-hybridized carbons (Fsp3) is 0.500. The van der Waals surface area contributed by atoms with Crippen LogP contribution in [0.25, 0.3) is 0 Å². The van der Waals surface area contributed by atoms with Crippen molar-refractivity contribution in [1.29, 1.82) is 5.26 Å². The number of anilines is 1. The number of carbonyl (C=O) groups excluding carboxylic acids is 1. The van der Waals surface area contributed by atoms with Gasteiger partial charge in [-0.2, -0.15) is 5.26 Å². The lowest BCUT2D eigenvalue weighted by Gasteiger charge is -2.36. The Hall–Kier alpha value is -3.02. The molecule has 1 amide bonds. The summed E-state index contributed by atoms with van der Waals surface area (Å²) >= 11 is 0. The predicted octanol–water partition coefficient (Wildman–Crippen LogP) is 2.65. The SMILES string of the molecule is CN1CCN(CN(Cc2cnc(C#N)nc2NCC(C)(C)C)C(=O)c2ccccc2)CC1. The lowest BCUT2D eigenvalue weighted by Crippen LogP contribution is -2.49. The normalized spacial score (nSPS) is 15.2. The maximum atomic E-state index is 13.4. The molecule has 1 aliphatic rings. The molecule has 1 aromatic carbocycles. The van der Waals surface area contributed by atoms with E-state index in [4.69, 9.17) is 0 Å². The molecule has 1 fully saturated rings. The number of rotatable bonds is 7. The van der Waals surface area contributed by atoms with E-state index in [1.165, 1.54) is 0 Å². The maximum Gasteiger partial charge on any atom is 0.255 e. The van der Waals surface area contributed by atoms with Crippen molar-refractivity contribution in [1.82, 2.24) is 24.7 Å². The van der Waals surface area contributed by atoms with Crippen molar-refractivity contribution >= 4 is 11.7 Å².